The molecule has 0 radical (unpaired) electrons. The van der Waals surface area contributed by atoms with Crippen LogP contribution in [0.2, 0.25) is 0 Å². The Balaban J connectivity index is 1.59. The van der Waals surface area contributed by atoms with Gasteiger partial charge >= 0.3 is 0 Å². The monoisotopic (exact) mass is 347 g/mol. The molecule has 138 valence electrons. The fourth-order valence-corrected chi connectivity index (χ4v) is 4.28. The maximum absolute atomic E-state index is 12.8. The lowest BCUT2D eigenvalue weighted by Gasteiger charge is -2.43. The highest BCUT2D eigenvalue weighted by Crippen LogP contribution is 2.43. The van der Waals surface area contributed by atoms with Gasteiger partial charge in [0.1, 0.15) is 5.75 Å². The van der Waals surface area contributed by atoms with Crippen molar-refractivity contribution in [3.63, 3.8) is 0 Å². The molecule has 0 aromatic heterocycles. The molecular weight excluding hydrogens is 318 g/mol. The van der Waals surface area contributed by atoms with Gasteiger partial charge in [-0.05, 0) is 44.2 Å². The number of hydrogen-bond acceptors (Lipinski definition) is 4. The lowest BCUT2D eigenvalue weighted by molar-refractivity contribution is -0.141. The highest BCUT2D eigenvalue weighted by atomic mass is 16.5. The second-order valence-corrected chi connectivity index (χ2v) is 7.12. The number of rotatable bonds is 6. The molecule has 3 atom stereocenters. The van der Waals surface area contributed by atoms with Crippen molar-refractivity contribution in [3.05, 3.63) is 29.8 Å². The number of amides is 1. The van der Waals surface area contributed by atoms with Crippen molar-refractivity contribution in [1.29, 1.82) is 0 Å². The van der Waals surface area contributed by atoms with Crippen LogP contribution < -0.4 is 4.74 Å². The van der Waals surface area contributed by atoms with Gasteiger partial charge in [0.2, 0.25) is 5.91 Å². The van der Waals surface area contributed by atoms with Gasteiger partial charge in [-0.1, -0.05) is 18.2 Å². The van der Waals surface area contributed by atoms with Crippen LogP contribution in [0.25, 0.3) is 0 Å². The van der Waals surface area contributed by atoms with Crippen LogP contribution in [0.1, 0.15) is 37.7 Å². The summed E-state index contributed by atoms with van der Waals surface area (Å²) in [6, 6.07) is 8.00. The van der Waals surface area contributed by atoms with E-state index in [1.54, 1.807) is 14.2 Å². The Hall–Kier alpha value is -1.59. The van der Waals surface area contributed by atoms with Gasteiger partial charge in [-0.25, -0.2) is 0 Å². The van der Waals surface area contributed by atoms with Crippen molar-refractivity contribution in [1.82, 2.24) is 4.90 Å². The Bertz CT molecular complexity index is 605. The minimum absolute atomic E-state index is 0.113. The smallest absolute Gasteiger partial charge is 0.226 e. The van der Waals surface area contributed by atoms with E-state index >= 15 is 0 Å². The molecule has 3 rings (SSSR count). The molecule has 0 N–H and O–H groups in total. The molecule has 1 aliphatic carbocycles. The Morgan fingerprint density at radius 1 is 1.28 bits per heavy atom. The van der Waals surface area contributed by atoms with Crippen molar-refractivity contribution in [3.8, 4) is 5.75 Å². The Morgan fingerprint density at radius 3 is 2.80 bits per heavy atom. The van der Waals surface area contributed by atoms with E-state index in [2.05, 4.69) is 0 Å². The minimum Gasteiger partial charge on any atom is -0.493 e. The number of fused-ring (bicyclic) bond motifs is 1. The molecule has 5 nitrogen and oxygen atoms in total. The second kappa shape index (κ2) is 7.75. The van der Waals surface area contributed by atoms with Gasteiger partial charge in [0.05, 0.1) is 30.8 Å². The third-order valence-corrected chi connectivity index (χ3v) is 5.86. The number of para-hydroxylation sites is 1. The number of likely N-dealkylation sites (tertiary alicyclic amines) is 1. The van der Waals surface area contributed by atoms with E-state index in [4.69, 9.17) is 14.2 Å². The standard InChI is InChI=1S/C20H29NO4/c1-15-6-4-5-7-17(15)25-13-9-19(22)21-12-11-20(24-3)10-8-16(23-2)14-18(20)21/h4-7,16,18H,8-14H2,1-3H3/t16-,18-,20+/m0/s1. The van der Waals surface area contributed by atoms with Gasteiger partial charge in [-0.3, -0.25) is 4.79 Å². The lowest BCUT2D eigenvalue weighted by Crippen LogP contribution is -2.53. The van der Waals surface area contributed by atoms with Crippen molar-refractivity contribution >= 4 is 5.91 Å². The van der Waals surface area contributed by atoms with Crippen molar-refractivity contribution in [2.24, 2.45) is 0 Å². The topological polar surface area (TPSA) is 48.0 Å². The fraction of sp³-hybridized carbons (Fsp3) is 0.650. The molecular formula is C20H29NO4. The van der Waals surface area contributed by atoms with E-state index in [0.717, 1.165) is 43.5 Å². The molecule has 2 fully saturated rings. The van der Waals surface area contributed by atoms with E-state index in [1.165, 1.54) is 0 Å². The van der Waals surface area contributed by atoms with Crippen LogP contribution in [-0.4, -0.2) is 55.9 Å². The normalized spacial score (nSPS) is 28.7. The SMILES string of the molecule is CO[C@H]1CC[C@@]2(OC)CCN(C(=O)CCOc3ccccc3C)[C@H]2C1. The zero-order valence-electron chi connectivity index (χ0n) is 15.5. The first-order valence-electron chi connectivity index (χ1n) is 9.15. The number of benzene rings is 1. The van der Waals surface area contributed by atoms with Crippen molar-refractivity contribution < 1.29 is 19.0 Å². The van der Waals surface area contributed by atoms with Gasteiger partial charge in [0, 0.05) is 20.8 Å². The van der Waals surface area contributed by atoms with Crippen LogP contribution in [0.3, 0.4) is 0 Å². The van der Waals surface area contributed by atoms with Crippen LogP contribution in [0.4, 0.5) is 0 Å². The number of nitrogens with zero attached hydrogens (tertiary/aromatic N) is 1. The first-order valence-corrected chi connectivity index (χ1v) is 9.15. The van der Waals surface area contributed by atoms with Gasteiger partial charge in [0.15, 0.2) is 0 Å². The minimum atomic E-state index is -0.193. The van der Waals surface area contributed by atoms with Crippen LogP contribution in [0.15, 0.2) is 24.3 Å². The van der Waals surface area contributed by atoms with Gasteiger partial charge < -0.3 is 19.1 Å². The van der Waals surface area contributed by atoms with Crippen LogP contribution in [-0.2, 0) is 14.3 Å². The van der Waals surface area contributed by atoms with Crippen LogP contribution >= 0.6 is 0 Å². The molecule has 1 heterocycles. The maximum atomic E-state index is 12.8. The molecule has 1 saturated carbocycles. The van der Waals surface area contributed by atoms with Crippen molar-refractivity contribution in [2.75, 3.05) is 27.4 Å². The summed E-state index contributed by atoms with van der Waals surface area (Å²) in [6.07, 6.45) is 4.33. The summed E-state index contributed by atoms with van der Waals surface area (Å²) in [7, 11) is 3.52. The summed E-state index contributed by atoms with van der Waals surface area (Å²) in [5.41, 5.74) is 0.895. The van der Waals surface area contributed by atoms with Crippen LogP contribution in [0, 0.1) is 6.92 Å². The summed E-state index contributed by atoms with van der Waals surface area (Å²) >= 11 is 0. The molecule has 0 unspecified atom stereocenters. The largest absolute Gasteiger partial charge is 0.493 e. The highest BCUT2D eigenvalue weighted by Gasteiger charge is 2.52. The molecule has 0 bridgehead atoms. The quantitative estimate of drug-likeness (QED) is 0.794. The zero-order chi connectivity index (χ0) is 17.9. The number of ether oxygens (including phenoxy) is 3. The summed E-state index contributed by atoms with van der Waals surface area (Å²) < 4.78 is 17.2. The maximum Gasteiger partial charge on any atom is 0.226 e. The number of carbonyl (C=O) groups is 1. The third-order valence-electron chi connectivity index (χ3n) is 5.86. The molecule has 5 heteroatoms. The first kappa shape index (κ1) is 18.2. The predicted molar refractivity (Wildman–Crippen MR) is 95.8 cm³/mol. The molecule has 2 aliphatic rings. The third kappa shape index (κ3) is 3.67. The van der Waals surface area contributed by atoms with E-state index in [0.29, 0.717) is 13.0 Å². The Morgan fingerprint density at radius 2 is 2.08 bits per heavy atom. The molecule has 1 aliphatic heterocycles. The number of carbonyl (C=O) groups excluding carboxylic acids is 1. The summed E-state index contributed by atoms with van der Waals surface area (Å²) in [5, 5.41) is 0. The Kier molecular flexibility index (Phi) is 5.64. The number of hydrogen-bond donors (Lipinski definition) is 0. The summed E-state index contributed by atoms with van der Waals surface area (Å²) in [5.74, 6) is 0.995. The molecule has 1 aromatic carbocycles. The van der Waals surface area contributed by atoms with Gasteiger partial charge in [-0.2, -0.15) is 0 Å². The highest BCUT2D eigenvalue weighted by molar-refractivity contribution is 5.77. The van der Waals surface area contributed by atoms with E-state index in [-0.39, 0.29) is 23.7 Å². The molecule has 0 spiro atoms. The molecule has 1 aromatic rings. The fourth-order valence-electron chi connectivity index (χ4n) is 4.28. The van der Waals surface area contributed by atoms with Crippen molar-refractivity contribution in [2.45, 2.75) is 56.8 Å². The average molecular weight is 347 g/mol. The molecule has 1 amide bonds. The zero-order valence-corrected chi connectivity index (χ0v) is 15.5. The van der Waals surface area contributed by atoms with Gasteiger partial charge in [-0.15, -0.1) is 0 Å². The predicted octanol–water partition coefficient (Wildman–Crippen LogP) is 2.95. The second-order valence-electron chi connectivity index (χ2n) is 7.12. The van der Waals surface area contributed by atoms with E-state index in [1.807, 2.05) is 36.1 Å². The van der Waals surface area contributed by atoms with E-state index in [9.17, 15) is 4.79 Å². The Labute approximate surface area is 150 Å². The lowest BCUT2D eigenvalue weighted by atomic mass is 9.79. The number of methoxy groups -OCH3 is 2. The van der Waals surface area contributed by atoms with E-state index < -0.39 is 0 Å². The van der Waals surface area contributed by atoms with Crippen LogP contribution in [0.5, 0.6) is 5.75 Å². The first-order chi connectivity index (χ1) is 12.1. The summed E-state index contributed by atoms with van der Waals surface area (Å²) in [4.78, 5) is 14.8. The van der Waals surface area contributed by atoms with Gasteiger partial charge in [0.25, 0.3) is 0 Å². The average Bonchev–Trinajstić information content (AvgIpc) is 3.02. The molecule has 1 saturated heterocycles. The number of aryl methyl sites for hydroxylation is 1. The summed E-state index contributed by atoms with van der Waals surface area (Å²) in [6.45, 7) is 3.18. The molecule has 25 heavy (non-hydrogen) atoms.